The topological polar surface area (TPSA) is 76.2 Å². The molecule has 0 amide bonds. The third-order valence-electron chi connectivity index (χ3n) is 2.41. The lowest BCUT2D eigenvalue weighted by atomic mass is 10.1. The zero-order chi connectivity index (χ0) is 11.0. The second-order valence-corrected chi connectivity index (χ2v) is 3.83. The van der Waals surface area contributed by atoms with Crippen LogP contribution in [-0.4, -0.2) is 14.6 Å². The van der Waals surface area contributed by atoms with Crippen LogP contribution in [0.2, 0.25) is 0 Å². The Labute approximate surface area is 86.9 Å². The van der Waals surface area contributed by atoms with Crippen molar-refractivity contribution in [2.45, 2.75) is 26.3 Å². The number of aromatic amines is 1. The van der Waals surface area contributed by atoms with E-state index in [-0.39, 0.29) is 12.1 Å². The first-order chi connectivity index (χ1) is 7.13. The molecule has 2 rings (SSSR count). The number of nitrogens with zero attached hydrogens (tertiary/aromatic N) is 2. The Hall–Kier alpha value is -1.62. The number of hydrogen-bond donors (Lipinski definition) is 2. The second-order valence-electron chi connectivity index (χ2n) is 3.83. The fourth-order valence-electron chi connectivity index (χ4n) is 1.58. The first kappa shape index (κ1) is 9.92. The van der Waals surface area contributed by atoms with Crippen molar-refractivity contribution in [3.05, 3.63) is 33.9 Å². The summed E-state index contributed by atoms with van der Waals surface area (Å²) >= 11 is 0. The zero-order valence-electron chi connectivity index (χ0n) is 8.82. The molecule has 3 N–H and O–H groups in total. The molecule has 0 aromatic carbocycles. The van der Waals surface area contributed by atoms with Crippen LogP contribution in [-0.2, 0) is 6.54 Å². The van der Waals surface area contributed by atoms with Gasteiger partial charge in [-0.05, 0) is 5.92 Å². The van der Waals surface area contributed by atoms with Crippen LogP contribution >= 0.6 is 0 Å². The van der Waals surface area contributed by atoms with Crippen LogP contribution in [0.15, 0.2) is 17.1 Å². The maximum atomic E-state index is 11.6. The van der Waals surface area contributed by atoms with Gasteiger partial charge in [-0.25, -0.2) is 9.50 Å². The van der Waals surface area contributed by atoms with Gasteiger partial charge in [-0.1, -0.05) is 13.8 Å². The van der Waals surface area contributed by atoms with E-state index in [9.17, 15) is 4.79 Å². The largest absolute Gasteiger partial charge is 0.325 e. The molecule has 0 aliphatic carbocycles. The number of hydrogen-bond acceptors (Lipinski definition) is 3. The first-order valence-electron chi connectivity index (χ1n) is 4.93. The normalized spacial score (nSPS) is 11.5. The molecule has 0 fully saturated rings. The summed E-state index contributed by atoms with van der Waals surface area (Å²) < 4.78 is 1.44. The van der Waals surface area contributed by atoms with E-state index in [4.69, 9.17) is 5.73 Å². The summed E-state index contributed by atoms with van der Waals surface area (Å²) in [4.78, 5) is 16.0. The predicted molar refractivity (Wildman–Crippen MR) is 57.8 cm³/mol. The van der Waals surface area contributed by atoms with E-state index < -0.39 is 0 Å². The fourth-order valence-corrected chi connectivity index (χ4v) is 1.58. The standard InChI is InChI=1S/C10H14N4O/c1-6(2)8-5-12-14-9(15)3-7(4-11)13-10(8)14/h3,5-6,12H,4,11H2,1-2H3. The fraction of sp³-hybridized carbons (Fsp3) is 0.400. The van der Waals surface area contributed by atoms with Crippen LogP contribution in [0.25, 0.3) is 5.65 Å². The molecule has 0 saturated carbocycles. The molecule has 0 atom stereocenters. The van der Waals surface area contributed by atoms with Crippen LogP contribution in [0.5, 0.6) is 0 Å². The highest BCUT2D eigenvalue weighted by Gasteiger charge is 2.10. The number of rotatable bonds is 2. The van der Waals surface area contributed by atoms with Crippen molar-refractivity contribution in [3.8, 4) is 0 Å². The maximum absolute atomic E-state index is 11.6. The molecular formula is C10H14N4O. The first-order valence-corrected chi connectivity index (χ1v) is 4.93. The SMILES string of the molecule is CC(C)c1c[nH]n2c(=O)cc(CN)nc12. The molecule has 0 radical (unpaired) electrons. The van der Waals surface area contributed by atoms with Gasteiger partial charge in [0.2, 0.25) is 0 Å². The minimum Gasteiger partial charge on any atom is -0.325 e. The van der Waals surface area contributed by atoms with E-state index in [1.54, 1.807) is 0 Å². The number of nitrogens with one attached hydrogen (secondary N) is 1. The summed E-state index contributed by atoms with van der Waals surface area (Å²) in [7, 11) is 0. The summed E-state index contributed by atoms with van der Waals surface area (Å²) in [5.41, 5.74) is 7.70. The van der Waals surface area contributed by atoms with Gasteiger partial charge in [0.25, 0.3) is 5.56 Å². The van der Waals surface area contributed by atoms with Gasteiger partial charge in [0.15, 0.2) is 5.65 Å². The highest BCUT2D eigenvalue weighted by molar-refractivity contribution is 5.48. The molecule has 2 aromatic rings. The Balaban J connectivity index is 2.78. The second kappa shape index (κ2) is 3.51. The Bertz CT molecular complexity index is 538. The smallest absolute Gasteiger partial charge is 0.272 e. The van der Waals surface area contributed by atoms with Crippen LogP contribution in [0.1, 0.15) is 31.0 Å². The average molecular weight is 206 g/mol. The van der Waals surface area contributed by atoms with E-state index in [0.717, 1.165) is 5.56 Å². The molecule has 80 valence electrons. The van der Waals surface area contributed by atoms with E-state index in [2.05, 4.69) is 23.9 Å². The number of aromatic nitrogens is 3. The molecule has 0 unspecified atom stereocenters. The van der Waals surface area contributed by atoms with Crippen molar-refractivity contribution in [3.63, 3.8) is 0 Å². The minimum atomic E-state index is -0.118. The monoisotopic (exact) mass is 206 g/mol. The van der Waals surface area contributed by atoms with Gasteiger partial charge in [-0.15, -0.1) is 0 Å². The van der Waals surface area contributed by atoms with E-state index in [0.29, 0.717) is 17.3 Å². The molecule has 2 heterocycles. The summed E-state index contributed by atoms with van der Waals surface area (Å²) in [6, 6.07) is 1.45. The molecular weight excluding hydrogens is 192 g/mol. The van der Waals surface area contributed by atoms with Crippen molar-refractivity contribution in [2.24, 2.45) is 5.73 Å². The van der Waals surface area contributed by atoms with Gasteiger partial charge in [0.1, 0.15) is 0 Å². The van der Waals surface area contributed by atoms with Crippen molar-refractivity contribution in [1.82, 2.24) is 14.6 Å². The van der Waals surface area contributed by atoms with Crippen molar-refractivity contribution in [1.29, 1.82) is 0 Å². The van der Waals surface area contributed by atoms with Crippen molar-refractivity contribution >= 4 is 5.65 Å². The predicted octanol–water partition coefficient (Wildman–Crippen LogP) is 0.605. The van der Waals surface area contributed by atoms with Gasteiger partial charge >= 0.3 is 0 Å². The van der Waals surface area contributed by atoms with Crippen LogP contribution in [0.4, 0.5) is 0 Å². The lowest BCUT2D eigenvalue weighted by Gasteiger charge is -2.02. The van der Waals surface area contributed by atoms with Gasteiger partial charge in [0.05, 0.1) is 5.69 Å². The highest BCUT2D eigenvalue weighted by atomic mass is 16.1. The van der Waals surface area contributed by atoms with Crippen LogP contribution < -0.4 is 11.3 Å². The summed E-state index contributed by atoms with van der Waals surface area (Å²) in [6.07, 6.45) is 1.81. The van der Waals surface area contributed by atoms with E-state index in [1.807, 2.05) is 6.20 Å². The number of fused-ring (bicyclic) bond motifs is 1. The third-order valence-corrected chi connectivity index (χ3v) is 2.41. The van der Waals surface area contributed by atoms with E-state index in [1.165, 1.54) is 10.6 Å². The summed E-state index contributed by atoms with van der Waals surface area (Å²) in [6.45, 7) is 4.41. The van der Waals surface area contributed by atoms with Gasteiger partial charge in [0, 0.05) is 24.4 Å². The Morgan fingerprint density at radius 2 is 2.33 bits per heavy atom. The van der Waals surface area contributed by atoms with Crippen molar-refractivity contribution < 1.29 is 0 Å². The maximum Gasteiger partial charge on any atom is 0.272 e. The number of nitrogens with two attached hydrogens (primary N) is 1. The number of H-pyrrole nitrogens is 1. The molecule has 0 bridgehead atoms. The van der Waals surface area contributed by atoms with Gasteiger partial charge in [-0.2, -0.15) is 0 Å². The van der Waals surface area contributed by atoms with Gasteiger partial charge < -0.3 is 5.73 Å². The molecule has 0 aliphatic rings. The zero-order valence-corrected chi connectivity index (χ0v) is 8.82. The van der Waals surface area contributed by atoms with E-state index >= 15 is 0 Å². The summed E-state index contributed by atoms with van der Waals surface area (Å²) in [5.74, 6) is 0.325. The van der Waals surface area contributed by atoms with Crippen LogP contribution in [0, 0.1) is 0 Å². The van der Waals surface area contributed by atoms with Gasteiger partial charge in [-0.3, -0.25) is 9.89 Å². The van der Waals surface area contributed by atoms with Crippen molar-refractivity contribution in [2.75, 3.05) is 0 Å². The lowest BCUT2D eigenvalue weighted by molar-refractivity contribution is 0.856. The Kier molecular flexibility index (Phi) is 2.32. The quantitative estimate of drug-likeness (QED) is 0.755. The molecule has 5 heteroatoms. The third kappa shape index (κ3) is 1.55. The average Bonchev–Trinajstić information content (AvgIpc) is 2.61. The summed E-state index contributed by atoms with van der Waals surface area (Å²) in [5, 5.41) is 2.89. The van der Waals surface area contributed by atoms with Crippen LogP contribution in [0.3, 0.4) is 0 Å². The lowest BCUT2D eigenvalue weighted by Crippen LogP contribution is -2.17. The Morgan fingerprint density at radius 3 is 2.93 bits per heavy atom. The highest BCUT2D eigenvalue weighted by Crippen LogP contribution is 2.17. The molecule has 15 heavy (non-hydrogen) atoms. The molecule has 0 aliphatic heterocycles. The minimum absolute atomic E-state index is 0.118. The Morgan fingerprint density at radius 1 is 1.60 bits per heavy atom. The molecule has 0 spiro atoms. The molecule has 2 aromatic heterocycles. The molecule has 5 nitrogen and oxygen atoms in total. The molecule has 0 saturated heterocycles.